The van der Waals surface area contributed by atoms with E-state index in [1.165, 1.54) is 6.42 Å². The van der Waals surface area contributed by atoms with Crippen molar-refractivity contribution in [1.29, 1.82) is 0 Å². The molecule has 110 valence electrons. The van der Waals surface area contributed by atoms with Crippen LogP contribution in [0.4, 0.5) is 0 Å². The first-order valence-corrected chi connectivity index (χ1v) is 7.57. The van der Waals surface area contributed by atoms with E-state index in [0.717, 1.165) is 31.4 Å². The van der Waals surface area contributed by atoms with Gasteiger partial charge in [0.2, 0.25) is 0 Å². The smallest absolute Gasteiger partial charge is 0.164 e. The zero-order valence-electron chi connectivity index (χ0n) is 12.5. The molecule has 1 aromatic carbocycles. The highest BCUT2D eigenvalue weighted by Crippen LogP contribution is 2.30. The summed E-state index contributed by atoms with van der Waals surface area (Å²) >= 11 is 0. The summed E-state index contributed by atoms with van der Waals surface area (Å²) in [6, 6.07) is 7.43. The second kappa shape index (κ2) is 6.40. The summed E-state index contributed by atoms with van der Waals surface area (Å²) < 4.78 is 5.64. The monoisotopic (exact) mass is 275 g/mol. The fourth-order valence-electron chi connectivity index (χ4n) is 2.87. The molecule has 0 atom stereocenters. The van der Waals surface area contributed by atoms with Gasteiger partial charge in [0.1, 0.15) is 5.75 Å². The molecule has 1 saturated carbocycles. The second-order valence-electron chi connectivity index (χ2n) is 6.22. The molecule has 3 nitrogen and oxygen atoms in total. The topological polar surface area (TPSA) is 52.3 Å². The van der Waals surface area contributed by atoms with Crippen LogP contribution in [0.5, 0.6) is 5.75 Å². The molecule has 0 unspecified atom stereocenters. The Kier molecular flexibility index (Phi) is 4.81. The number of hydrogen-bond donors (Lipinski definition) is 1. The van der Waals surface area contributed by atoms with Gasteiger partial charge in [-0.25, -0.2) is 0 Å². The highest BCUT2D eigenvalue weighted by molar-refractivity contribution is 5.97. The van der Waals surface area contributed by atoms with Crippen molar-refractivity contribution in [3.63, 3.8) is 0 Å². The van der Waals surface area contributed by atoms with Crippen LogP contribution in [0, 0.1) is 0 Å². The molecule has 1 aliphatic rings. The molecular weight excluding hydrogens is 250 g/mol. The first-order chi connectivity index (χ1) is 9.48. The lowest BCUT2D eigenvalue weighted by Crippen LogP contribution is -2.43. The Bertz CT molecular complexity index is 462. The van der Waals surface area contributed by atoms with E-state index in [2.05, 4.69) is 0 Å². The van der Waals surface area contributed by atoms with Gasteiger partial charge >= 0.3 is 0 Å². The van der Waals surface area contributed by atoms with Crippen LogP contribution >= 0.6 is 0 Å². The van der Waals surface area contributed by atoms with Gasteiger partial charge in [-0.15, -0.1) is 0 Å². The number of carbonyl (C=O) groups excluding carboxylic acids is 1. The van der Waals surface area contributed by atoms with Gasteiger partial charge in [0, 0.05) is 17.5 Å². The third-order valence-corrected chi connectivity index (χ3v) is 3.89. The Morgan fingerprint density at radius 2 is 2.00 bits per heavy atom. The van der Waals surface area contributed by atoms with E-state index >= 15 is 0 Å². The molecule has 0 aliphatic heterocycles. The predicted molar refractivity (Wildman–Crippen MR) is 81.2 cm³/mol. The summed E-state index contributed by atoms with van der Waals surface area (Å²) in [6.45, 7) is 3.96. The van der Waals surface area contributed by atoms with Crippen LogP contribution < -0.4 is 10.5 Å². The van der Waals surface area contributed by atoms with Crippen LogP contribution in [0.1, 0.15) is 62.7 Å². The molecule has 3 heteroatoms. The van der Waals surface area contributed by atoms with Crippen molar-refractivity contribution in [2.24, 2.45) is 5.73 Å². The minimum absolute atomic E-state index is 0.111. The van der Waals surface area contributed by atoms with Crippen molar-refractivity contribution in [3.05, 3.63) is 29.8 Å². The Balaban J connectivity index is 2.05. The minimum Gasteiger partial charge on any atom is -0.491 e. The molecule has 2 N–H and O–H groups in total. The SMILES string of the molecule is CC(C)Oc1cccc(C(=O)CC2(N)CCCCC2)c1. The van der Waals surface area contributed by atoms with Crippen molar-refractivity contribution in [3.8, 4) is 5.75 Å². The first-order valence-electron chi connectivity index (χ1n) is 7.57. The summed E-state index contributed by atoms with van der Waals surface area (Å²) in [4.78, 5) is 12.4. The van der Waals surface area contributed by atoms with Gasteiger partial charge in [-0.2, -0.15) is 0 Å². The van der Waals surface area contributed by atoms with Gasteiger partial charge in [-0.3, -0.25) is 4.79 Å². The molecule has 0 spiro atoms. The van der Waals surface area contributed by atoms with Gasteiger partial charge in [-0.05, 0) is 38.8 Å². The molecule has 1 aromatic rings. The fourth-order valence-corrected chi connectivity index (χ4v) is 2.87. The van der Waals surface area contributed by atoms with Gasteiger partial charge in [0.25, 0.3) is 0 Å². The number of Topliss-reactive ketones (excluding diaryl/α,β-unsaturated/α-hetero) is 1. The fraction of sp³-hybridized carbons (Fsp3) is 0.588. The van der Waals surface area contributed by atoms with Crippen LogP contribution in [0.3, 0.4) is 0 Å². The molecule has 1 aliphatic carbocycles. The Morgan fingerprint density at radius 3 is 2.65 bits per heavy atom. The lowest BCUT2D eigenvalue weighted by molar-refractivity contribution is 0.0934. The average Bonchev–Trinajstić information content (AvgIpc) is 2.38. The van der Waals surface area contributed by atoms with E-state index in [1.54, 1.807) is 0 Å². The number of ketones is 1. The lowest BCUT2D eigenvalue weighted by atomic mass is 9.78. The maximum atomic E-state index is 12.4. The van der Waals surface area contributed by atoms with E-state index in [0.29, 0.717) is 12.0 Å². The summed E-state index contributed by atoms with van der Waals surface area (Å²) in [5.41, 5.74) is 6.77. The van der Waals surface area contributed by atoms with Crippen molar-refractivity contribution in [2.75, 3.05) is 0 Å². The van der Waals surface area contributed by atoms with Gasteiger partial charge in [0.05, 0.1) is 6.10 Å². The van der Waals surface area contributed by atoms with E-state index in [4.69, 9.17) is 10.5 Å². The third kappa shape index (κ3) is 4.07. The second-order valence-corrected chi connectivity index (χ2v) is 6.22. The molecule has 0 bridgehead atoms. The molecular formula is C17H25NO2. The number of ether oxygens (including phenoxy) is 1. The molecule has 0 aromatic heterocycles. The molecule has 0 heterocycles. The van der Waals surface area contributed by atoms with Gasteiger partial charge in [0.15, 0.2) is 5.78 Å². The highest BCUT2D eigenvalue weighted by Gasteiger charge is 2.30. The van der Waals surface area contributed by atoms with E-state index in [9.17, 15) is 4.79 Å². The van der Waals surface area contributed by atoms with Crippen molar-refractivity contribution < 1.29 is 9.53 Å². The van der Waals surface area contributed by atoms with Crippen LogP contribution in [-0.2, 0) is 0 Å². The van der Waals surface area contributed by atoms with Crippen LogP contribution in [0.25, 0.3) is 0 Å². The predicted octanol–water partition coefficient (Wildman–Crippen LogP) is 3.71. The Hall–Kier alpha value is -1.35. The first kappa shape index (κ1) is 15.0. The van der Waals surface area contributed by atoms with E-state index in [1.807, 2.05) is 38.1 Å². The van der Waals surface area contributed by atoms with Gasteiger partial charge < -0.3 is 10.5 Å². The minimum atomic E-state index is -0.301. The van der Waals surface area contributed by atoms with E-state index in [-0.39, 0.29) is 17.4 Å². The standard InChI is InChI=1S/C17H25NO2/c1-13(2)20-15-8-6-7-14(11-15)16(19)12-17(18)9-4-3-5-10-17/h6-8,11,13H,3-5,9-10,12,18H2,1-2H3. The molecule has 0 radical (unpaired) electrons. The molecule has 2 rings (SSSR count). The molecule has 20 heavy (non-hydrogen) atoms. The Labute approximate surface area is 121 Å². The van der Waals surface area contributed by atoms with E-state index < -0.39 is 0 Å². The zero-order chi connectivity index (χ0) is 14.6. The quantitative estimate of drug-likeness (QED) is 0.833. The average molecular weight is 275 g/mol. The summed E-state index contributed by atoms with van der Waals surface area (Å²) in [7, 11) is 0. The van der Waals surface area contributed by atoms with Crippen molar-refractivity contribution >= 4 is 5.78 Å². The summed E-state index contributed by atoms with van der Waals surface area (Å²) in [6.07, 6.45) is 5.99. The molecule has 0 saturated heterocycles. The number of nitrogens with two attached hydrogens (primary N) is 1. The Morgan fingerprint density at radius 1 is 1.30 bits per heavy atom. The maximum absolute atomic E-state index is 12.4. The zero-order valence-corrected chi connectivity index (χ0v) is 12.5. The summed E-state index contributed by atoms with van der Waals surface area (Å²) in [5, 5.41) is 0. The number of carbonyl (C=O) groups is 1. The maximum Gasteiger partial charge on any atom is 0.164 e. The van der Waals surface area contributed by atoms with Crippen molar-refractivity contribution in [1.82, 2.24) is 0 Å². The molecule has 1 fully saturated rings. The van der Waals surface area contributed by atoms with Crippen LogP contribution in [0.2, 0.25) is 0 Å². The highest BCUT2D eigenvalue weighted by atomic mass is 16.5. The molecule has 0 amide bonds. The number of hydrogen-bond acceptors (Lipinski definition) is 3. The van der Waals surface area contributed by atoms with Crippen molar-refractivity contribution in [2.45, 2.75) is 64.0 Å². The van der Waals surface area contributed by atoms with Gasteiger partial charge in [-0.1, -0.05) is 31.4 Å². The van der Waals surface area contributed by atoms with Crippen LogP contribution in [0.15, 0.2) is 24.3 Å². The third-order valence-electron chi connectivity index (χ3n) is 3.89. The number of benzene rings is 1. The normalized spacial score (nSPS) is 18.0. The number of rotatable bonds is 5. The van der Waals surface area contributed by atoms with Crippen LogP contribution in [-0.4, -0.2) is 17.4 Å². The largest absolute Gasteiger partial charge is 0.491 e. The lowest BCUT2D eigenvalue weighted by Gasteiger charge is -2.32. The summed E-state index contributed by atoms with van der Waals surface area (Å²) in [5.74, 6) is 0.879.